The molecule has 1 aliphatic heterocycles. The average Bonchev–Trinajstić information content (AvgIpc) is 2.61. The van der Waals surface area contributed by atoms with E-state index in [1.165, 1.54) is 31.5 Å². The van der Waals surface area contributed by atoms with E-state index in [1.54, 1.807) is 0 Å². The van der Waals surface area contributed by atoms with Crippen LogP contribution in [0.4, 0.5) is 0 Å². The summed E-state index contributed by atoms with van der Waals surface area (Å²) in [5, 5.41) is 3.41. The fourth-order valence-electron chi connectivity index (χ4n) is 2.28. The Bertz CT molecular complexity index is 174. The van der Waals surface area contributed by atoms with Crippen molar-refractivity contribution in [2.24, 2.45) is 11.3 Å². The molecule has 2 fully saturated rings. The summed E-state index contributed by atoms with van der Waals surface area (Å²) in [6.45, 7) is 8.68. The summed E-state index contributed by atoms with van der Waals surface area (Å²) < 4.78 is 0. The minimum atomic E-state index is 0.589. The zero-order valence-corrected chi connectivity index (χ0v) is 6.61. The molecule has 1 heterocycles. The molecule has 0 radical (unpaired) electrons. The normalized spacial score (nSPS) is 44.3. The largest absolute Gasteiger partial charge is 0.316 e. The zero-order valence-electron chi connectivity index (χ0n) is 6.61. The van der Waals surface area contributed by atoms with Gasteiger partial charge in [-0.1, -0.05) is 12.2 Å². The van der Waals surface area contributed by atoms with E-state index in [1.807, 2.05) is 0 Å². The van der Waals surface area contributed by atoms with Gasteiger partial charge in [0.05, 0.1) is 0 Å². The standard InChI is InChI=1S/C9H15N/c1-7(2)9-3-4-10-6-8(9)5-9/h8,10H,1,3-6H2,2H3. The summed E-state index contributed by atoms with van der Waals surface area (Å²) in [7, 11) is 0. The number of hydrogen-bond acceptors (Lipinski definition) is 1. The van der Waals surface area contributed by atoms with Crippen LogP contribution in [-0.4, -0.2) is 13.1 Å². The summed E-state index contributed by atoms with van der Waals surface area (Å²) in [4.78, 5) is 0. The fraction of sp³-hybridized carbons (Fsp3) is 0.778. The van der Waals surface area contributed by atoms with Crippen molar-refractivity contribution in [2.75, 3.05) is 13.1 Å². The molecule has 2 rings (SSSR count). The maximum Gasteiger partial charge on any atom is -0.00118 e. The van der Waals surface area contributed by atoms with Crippen molar-refractivity contribution in [3.05, 3.63) is 12.2 Å². The lowest BCUT2D eigenvalue weighted by Gasteiger charge is -2.22. The van der Waals surface area contributed by atoms with Crippen molar-refractivity contribution in [3.8, 4) is 0 Å². The Morgan fingerprint density at radius 3 is 3.00 bits per heavy atom. The molecule has 1 heteroatoms. The molecule has 1 aliphatic carbocycles. The van der Waals surface area contributed by atoms with Crippen molar-refractivity contribution in [1.82, 2.24) is 5.32 Å². The lowest BCUT2D eigenvalue weighted by atomic mass is 9.90. The van der Waals surface area contributed by atoms with Gasteiger partial charge in [-0.05, 0) is 44.2 Å². The molecule has 0 aromatic carbocycles. The maximum absolute atomic E-state index is 4.06. The van der Waals surface area contributed by atoms with Crippen molar-refractivity contribution in [2.45, 2.75) is 19.8 Å². The van der Waals surface area contributed by atoms with Crippen LogP contribution in [0.1, 0.15) is 19.8 Å². The van der Waals surface area contributed by atoms with Gasteiger partial charge in [-0.25, -0.2) is 0 Å². The number of fused-ring (bicyclic) bond motifs is 1. The van der Waals surface area contributed by atoms with Crippen LogP contribution in [0, 0.1) is 11.3 Å². The van der Waals surface area contributed by atoms with E-state index in [0.717, 1.165) is 5.92 Å². The van der Waals surface area contributed by atoms with Crippen molar-refractivity contribution < 1.29 is 0 Å². The zero-order chi connectivity index (χ0) is 7.19. The minimum absolute atomic E-state index is 0.589. The molecule has 2 atom stereocenters. The first kappa shape index (κ1) is 6.41. The van der Waals surface area contributed by atoms with Crippen molar-refractivity contribution >= 4 is 0 Å². The third-order valence-corrected chi connectivity index (χ3v) is 3.22. The van der Waals surface area contributed by atoms with E-state index in [9.17, 15) is 0 Å². The van der Waals surface area contributed by atoms with Gasteiger partial charge in [-0.3, -0.25) is 0 Å². The van der Waals surface area contributed by atoms with Crippen LogP contribution in [0.3, 0.4) is 0 Å². The number of piperidine rings is 1. The highest BCUT2D eigenvalue weighted by molar-refractivity contribution is 5.22. The van der Waals surface area contributed by atoms with Gasteiger partial charge in [0, 0.05) is 0 Å². The third kappa shape index (κ3) is 0.671. The fourth-order valence-corrected chi connectivity index (χ4v) is 2.28. The smallest absolute Gasteiger partial charge is 0.00118 e. The lowest BCUT2D eigenvalue weighted by molar-refractivity contribution is 0.403. The number of rotatable bonds is 1. The van der Waals surface area contributed by atoms with Crippen LogP contribution in [-0.2, 0) is 0 Å². The predicted molar refractivity (Wildman–Crippen MR) is 42.8 cm³/mol. The van der Waals surface area contributed by atoms with Gasteiger partial charge in [0.15, 0.2) is 0 Å². The molecule has 2 unspecified atom stereocenters. The van der Waals surface area contributed by atoms with Crippen molar-refractivity contribution in [1.29, 1.82) is 0 Å². The van der Waals surface area contributed by atoms with Gasteiger partial charge in [0.1, 0.15) is 0 Å². The van der Waals surface area contributed by atoms with Gasteiger partial charge in [0.25, 0.3) is 0 Å². The Morgan fingerprint density at radius 2 is 2.50 bits per heavy atom. The van der Waals surface area contributed by atoms with E-state index in [2.05, 4.69) is 18.8 Å². The van der Waals surface area contributed by atoms with Gasteiger partial charge < -0.3 is 5.32 Å². The van der Waals surface area contributed by atoms with Gasteiger partial charge in [-0.2, -0.15) is 0 Å². The molecule has 1 N–H and O–H groups in total. The molecular weight excluding hydrogens is 122 g/mol. The van der Waals surface area contributed by atoms with Gasteiger partial charge >= 0.3 is 0 Å². The highest BCUT2D eigenvalue weighted by Crippen LogP contribution is 2.60. The highest BCUT2D eigenvalue weighted by Gasteiger charge is 2.54. The number of hydrogen-bond donors (Lipinski definition) is 1. The molecule has 1 saturated heterocycles. The molecule has 0 amide bonds. The molecule has 0 bridgehead atoms. The van der Waals surface area contributed by atoms with Crippen molar-refractivity contribution in [3.63, 3.8) is 0 Å². The molecule has 0 spiro atoms. The molecule has 0 aromatic rings. The predicted octanol–water partition coefficient (Wildman–Crippen LogP) is 1.56. The maximum atomic E-state index is 4.06. The second-order valence-corrected chi connectivity index (χ2v) is 3.79. The first-order valence-electron chi connectivity index (χ1n) is 4.12. The first-order valence-corrected chi connectivity index (χ1v) is 4.12. The van der Waals surface area contributed by atoms with Crippen LogP contribution in [0.5, 0.6) is 0 Å². The summed E-state index contributed by atoms with van der Waals surface area (Å²) in [6, 6.07) is 0. The van der Waals surface area contributed by atoms with E-state index in [-0.39, 0.29) is 0 Å². The van der Waals surface area contributed by atoms with Crippen LogP contribution in [0.15, 0.2) is 12.2 Å². The van der Waals surface area contributed by atoms with Gasteiger partial charge in [-0.15, -0.1) is 0 Å². The number of allylic oxidation sites excluding steroid dienone is 1. The van der Waals surface area contributed by atoms with Crippen LogP contribution >= 0.6 is 0 Å². The van der Waals surface area contributed by atoms with Gasteiger partial charge in [0.2, 0.25) is 0 Å². The summed E-state index contributed by atoms with van der Waals surface area (Å²) in [5.41, 5.74) is 2.00. The van der Waals surface area contributed by atoms with E-state index in [4.69, 9.17) is 0 Å². The summed E-state index contributed by atoms with van der Waals surface area (Å²) in [6.07, 6.45) is 2.72. The van der Waals surface area contributed by atoms with Crippen LogP contribution in [0.2, 0.25) is 0 Å². The Balaban J connectivity index is 2.12. The second kappa shape index (κ2) is 1.85. The molecule has 1 saturated carbocycles. The second-order valence-electron chi connectivity index (χ2n) is 3.79. The Labute approximate surface area is 62.5 Å². The molecule has 56 valence electrons. The van der Waals surface area contributed by atoms with Crippen LogP contribution < -0.4 is 5.32 Å². The molecule has 0 aromatic heterocycles. The summed E-state index contributed by atoms with van der Waals surface area (Å²) >= 11 is 0. The monoisotopic (exact) mass is 137 g/mol. The Hall–Kier alpha value is -0.300. The molecule has 10 heavy (non-hydrogen) atoms. The minimum Gasteiger partial charge on any atom is -0.316 e. The number of nitrogens with one attached hydrogen (secondary N) is 1. The quantitative estimate of drug-likeness (QED) is 0.541. The SMILES string of the molecule is C=C(C)C12CCNCC1C2. The molecule has 2 aliphatic rings. The van der Waals surface area contributed by atoms with E-state index >= 15 is 0 Å². The Morgan fingerprint density at radius 1 is 1.70 bits per heavy atom. The Kier molecular flexibility index (Phi) is 1.19. The topological polar surface area (TPSA) is 12.0 Å². The molecular formula is C9H15N. The summed E-state index contributed by atoms with van der Waals surface area (Å²) in [5.74, 6) is 0.929. The highest BCUT2D eigenvalue weighted by atomic mass is 14.9. The van der Waals surface area contributed by atoms with E-state index in [0.29, 0.717) is 5.41 Å². The first-order chi connectivity index (χ1) is 4.76. The van der Waals surface area contributed by atoms with E-state index < -0.39 is 0 Å². The molecule has 1 nitrogen and oxygen atoms in total. The lowest BCUT2D eigenvalue weighted by Crippen LogP contribution is -2.29. The average molecular weight is 137 g/mol. The van der Waals surface area contributed by atoms with Crippen LogP contribution in [0.25, 0.3) is 0 Å². The third-order valence-electron chi connectivity index (χ3n) is 3.22.